The molecule has 1 N–H and O–H groups in total. The SMILES string of the molecule is CCOC(=O)C(=O)Nc1cc(C(F)(F)F)ccc1C. The van der Waals surface area contributed by atoms with E-state index in [4.69, 9.17) is 0 Å². The van der Waals surface area contributed by atoms with Crippen LogP contribution in [0.15, 0.2) is 18.2 Å². The number of anilines is 1. The highest BCUT2D eigenvalue weighted by molar-refractivity contribution is 6.37. The van der Waals surface area contributed by atoms with E-state index in [-0.39, 0.29) is 12.3 Å². The maximum absolute atomic E-state index is 12.5. The molecule has 19 heavy (non-hydrogen) atoms. The van der Waals surface area contributed by atoms with Crippen LogP contribution < -0.4 is 5.32 Å². The van der Waals surface area contributed by atoms with Crippen LogP contribution in [0.3, 0.4) is 0 Å². The molecule has 0 spiro atoms. The van der Waals surface area contributed by atoms with Gasteiger partial charge in [-0.05, 0) is 31.5 Å². The Morgan fingerprint density at radius 2 is 1.95 bits per heavy atom. The Bertz CT molecular complexity index is 497. The molecule has 0 aliphatic carbocycles. The number of benzene rings is 1. The van der Waals surface area contributed by atoms with Crippen molar-refractivity contribution in [3.05, 3.63) is 29.3 Å². The van der Waals surface area contributed by atoms with Crippen molar-refractivity contribution in [1.29, 1.82) is 0 Å². The number of aryl methyl sites for hydroxylation is 1. The number of nitrogens with one attached hydrogen (secondary N) is 1. The van der Waals surface area contributed by atoms with Gasteiger partial charge in [0.15, 0.2) is 0 Å². The van der Waals surface area contributed by atoms with Gasteiger partial charge in [0, 0.05) is 5.69 Å². The third-order valence-corrected chi connectivity index (χ3v) is 2.27. The maximum atomic E-state index is 12.5. The number of alkyl halides is 3. The summed E-state index contributed by atoms with van der Waals surface area (Å²) >= 11 is 0. The van der Waals surface area contributed by atoms with Gasteiger partial charge in [0.25, 0.3) is 0 Å². The normalized spacial score (nSPS) is 11.0. The molecule has 7 heteroatoms. The van der Waals surface area contributed by atoms with Crippen LogP contribution in [0.4, 0.5) is 18.9 Å². The summed E-state index contributed by atoms with van der Waals surface area (Å²) in [6, 6.07) is 2.88. The lowest BCUT2D eigenvalue weighted by atomic mass is 10.1. The minimum atomic E-state index is -4.52. The first-order valence-corrected chi connectivity index (χ1v) is 5.41. The lowest BCUT2D eigenvalue weighted by Gasteiger charge is -2.12. The number of rotatable bonds is 2. The molecule has 104 valence electrons. The molecule has 1 rings (SSSR count). The average molecular weight is 275 g/mol. The van der Waals surface area contributed by atoms with Gasteiger partial charge in [0.2, 0.25) is 0 Å². The van der Waals surface area contributed by atoms with E-state index >= 15 is 0 Å². The Kier molecular flexibility index (Phi) is 4.52. The van der Waals surface area contributed by atoms with Crippen molar-refractivity contribution in [1.82, 2.24) is 0 Å². The first-order chi connectivity index (χ1) is 8.75. The molecule has 0 fully saturated rings. The zero-order chi connectivity index (χ0) is 14.6. The van der Waals surface area contributed by atoms with Gasteiger partial charge in [-0.15, -0.1) is 0 Å². The van der Waals surface area contributed by atoms with Crippen LogP contribution in [-0.2, 0) is 20.5 Å². The molecule has 1 aromatic rings. The van der Waals surface area contributed by atoms with Gasteiger partial charge < -0.3 is 10.1 Å². The summed E-state index contributed by atoms with van der Waals surface area (Å²) in [7, 11) is 0. The van der Waals surface area contributed by atoms with Crippen LogP contribution in [0, 0.1) is 6.92 Å². The zero-order valence-electron chi connectivity index (χ0n) is 10.3. The standard InChI is InChI=1S/C12H12F3NO3/c1-3-19-11(18)10(17)16-9-6-8(12(13,14)15)5-4-7(9)2/h4-6H,3H2,1-2H3,(H,16,17). The molecule has 4 nitrogen and oxygen atoms in total. The molecular weight excluding hydrogens is 263 g/mol. The zero-order valence-corrected chi connectivity index (χ0v) is 10.3. The second kappa shape index (κ2) is 5.73. The number of esters is 1. The number of carbonyl (C=O) groups is 2. The Morgan fingerprint density at radius 3 is 2.47 bits per heavy atom. The van der Waals surface area contributed by atoms with E-state index in [0.717, 1.165) is 12.1 Å². The number of carbonyl (C=O) groups excluding carboxylic acids is 2. The van der Waals surface area contributed by atoms with Crippen LogP contribution in [0.1, 0.15) is 18.1 Å². The van der Waals surface area contributed by atoms with Gasteiger partial charge in [0.1, 0.15) is 0 Å². The molecule has 0 radical (unpaired) electrons. The topological polar surface area (TPSA) is 55.4 Å². The molecule has 0 aliphatic heterocycles. The lowest BCUT2D eigenvalue weighted by Crippen LogP contribution is -2.25. The van der Waals surface area contributed by atoms with Crippen molar-refractivity contribution < 1.29 is 27.5 Å². The van der Waals surface area contributed by atoms with Gasteiger partial charge >= 0.3 is 18.1 Å². The fraction of sp³-hybridized carbons (Fsp3) is 0.333. The number of ether oxygens (including phenoxy) is 1. The molecule has 0 saturated heterocycles. The smallest absolute Gasteiger partial charge is 0.416 e. The Labute approximate surface area is 107 Å². The summed E-state index contributed by atoms with van der Waals surface area (Å²) in [5.74, 6) is -2.25. The molecule has 0 bridgehead atoms. The largest absolute Gasteiger partial charge is 0.459 e. The highest BCUT2D eigenvalue weighted by Gasteiger charge is 2.31. The molecule has 0 heterocycles. The van der Waals surface area contributed by atoms with E-state index in [1.54, 1.807) is 0 Å². The summed E-state index contributed by atoms with van der Waals surface area (Å²) in [6.45, 7) is 3.04. The number of hydrogen-bond donors (Lipinski definition) is 1. The predicted molar refractivity (Wildman–Crippen MR) is 61.4 cm³/mol. The first kappa shape index (κ1) is 15.0. The molecule has 0 saturated carbocycles. The van der Waals surface area contributed by atoms with E-state index in [1.165, 1.54) is 19.9 Å². The van der Waals surface area contributed by atoms with E-state index in [2.05, 4.69) is 10.1 Å². The van der Waals surface area contributed by atoms with Gasteiger partial charge in [-0.25, -0.2) is 4.79 Å². The third-order valence-electron chi connectivity index (χ3n) is 2.27. The van der Waals surface area contributed by atoms with E-state index < -0.39 is 23.6 Å². The van der Waals surface area contributed by atoms with Crippen LogP contribution in [-0.4, -0.2) is 18.5 Å². The summed E-state index contributed by atoms with van der Waals surface area (Å²) < 4.78 is 42.0. The molecule has 1 amide bonds. The van der Waals surface area contributed by atoms with E-state index in [0.29, 0.717) is 5.56 Å². The quantitative estimate of drug-likeness (QED) is 0.666. The van der Waals surface area contributed by atoms with Crippen molar-refractivity contribution in [3.8, 4) is 0 Å². The predicted octanol–water partition coefficient (Wildman–Crippen LogP) is 2.52. The monoisotopic (exact) mass is 275 g/mol. The van der Waals surface area contributed by atoms with Crippen molar-refractivity contribution in [2.45, 2.75) is 20.0 Å². The Morgan fingerprint density at radius 1 is 1.32 bits per heavy atom. The molecule has 1 aromatic carbocycles. The van der Waals surface area contributed by atoms with Crippen molar-refractivity contribution in [2.24, 2.45) is 0 Å². The van der Waals surface area contributed by atoms with Crippen molar-refractivity contribution in [3.63, 3.8) is 0 Å². The van der Waals surface area contributed by atoms with Crippen LogP contribution in [0.5, 0.6) is 0 Å². The Hall–Kier alpha value is -2.05. The van der Waals surface area contributed by atoms with Crippen LogP contribution in [0.2, 0.25) is 0 Å². The molecular formula is C12H12F3NO3. The maximum Gasteiger partial charge on any atom is 0.416 e. The Balaban J connectivity index is 2.95. The lowest BCUT2D eigenvalue weighted by molar-refractivity contribution is -0.152. The average Bonchev–Trinajstić information content (AvgIpc) is 2.30. The summed E-state index contributed by atoms with van der Waals surface area (Å²) in [5.41, 5.74) is -0.573. The molecule has 0 aromatic heterocycles. The van der Waals surface area contributed by atoms with Crippen LogP contribution >= 0.6 is 0 Å². The minimum absolute atomic E-state index is 0.00776. The molecule has 0 aliphatic rings. The number of hydrogen-bond acceptors (Lipinski definition) is 3. The fourth-order valence-electron chi connectivity index (χ4n) is 1.30. The van der Waals surface area contributed by atoms with Gasteiger partial charge in [-0.3, -0.25) is 4.79 Å². The molecule has 0 atom stereocenters. The second-order valence-electron chi connectivity index (χ2n) is 3.70. The highest BCUT2D eigenvalue weighted by atomic mass is 19.4. The fourth-order valence-corrected chi connectivity index (χ4v) is 1.30. The number of amides is 1. The van der Waals surface area contributed by atoms with E-state index in [9.17, 15) is 22.8 Å². The van der Waals surface area contributed by atoms with Crippen LogP contribution in [0.25, 0.3) is 0 Å². The van der Waals surface area contributed by atoms with Gasteiger partial charge in [0.05, 0.1) is 12.2 Å². The second-order valence-corrected chi connectivity index (χ2v) is 3.70. The van der Waals surface area contributed by atoms with Crippen molar-refractivity contribution >= 4 is 17.6 Å². The highest BCUT2D eigenvalue weighted by Crippen LogP contribution is 2.31. The van der Waals surface area contributed by atoms with Crippen molar-refractivity contribution in [2.75, 3.05) is 11.9 Å². The molecule has 0 unspecified atom stereocenters. The van der Waals surface area contributed by atoms with E-state index in [1.807, 2.05) is 0 Å². The minimum Gasteiger partial charge on any atom is -0.459 e. The number of halogens is 3. The summed E-state index contributed by atoms with van der Waals surface area (Å²) in [5, 5.41) is 2.09. The van der Waals surface area contributed by atoms with Gasteiger partial charge in [-0.2, -0.15) is 13.2 Å². The van der Waals surface area contributed by atoms with Gasteiger partial charge in [-0.1, -0.05) is 6.07 Å². The summed E-state index contributed by atoms with van der Waals surface area (Å²) in [6.07, 6.45) is -4.52. The first-order valence-electron chi connectivity index (χ1n) is 5.41. The third kappa shape index (κ3) is 3.97. The summed E-state index contributed by atoms with van der Waals surface area (Å²) in [4.78, 5) is 22.4.